The molecule has 8 nitrogen and oxygen atoms in total. The van der Waals surface area contributed by atoms with E-state index in [0.29, 0.717) is 23.0 Å². The number of carbonyl (C=O) groups is 3. The molecule has 1 heterocycles. The van der Waals surface area contributed by atoms with E-state index < -0.39 is 12.1 Å². The fourth-order valence-corrected chi connectivity index (χ4v) is 5.26. The number of rotatable bonds is 11. The van der Waals surface area contributed by atoms with E-state index in [9.17, 15) is 14.4 Å². The van der Waals surface area contributed by atoms with E-state index in [-0.39, 0.29) is 37.2 Å². The Hall–Kier alpha value is -3.37. The summed E-state index contributed by atoms with van der Waals surface area (Å²) in [6.07, 6.45) is -0.384. The summed E-state index contributed by atoms with van der Waals surface area (Å²) in [7, 11) is 0. The molecule has 2 amide bonds. The van der Waals surface area contributed by atoms with Crippen LogP contribution in [0.15, 0.2) is 53.9 Å². The van der Waals surface area contributed by atoms with Crippen molar-refractivity contribution in [3.05, 3.63) is 75.7 Å². The van der Waals surface area contributed by atoms with Gasteiger partial charge in [0, 0.05) is 23.6 Å². The van der Waals surface area contributed by atoms with Crippen molar-refractivity contribution in [1.29, 1.82) is 0 Å². The number of alkyl carbamates (subject to hydrolysis) is 1. The van der Waals surface area contributed by atoms with Crippen LogP contribution in [0.25, 0.3) is 11.1 Å². The molecular formula is C25H25N3O5S2. The van der Waals surface area contributed by atoms with Crippen LogP contribution in [0.3, 0.4) is 0 Å². The van der Waals surface area contributed by atoms with Crippen LogP contribution in [0.4, 0.5) is 4.79 Å². The van der Waals surface area contributed by atoms with Gasteiger partial charge in [-0.2, -0.15) is 0 Å². The van der Waals surface area contributed by atoms with Crippen molar-refractivity contribution in [2.75, 3.05) is 24.7 Å². The van der Waals surface area contributed by atoms with Crippen molar-refractivity contribution in [1.82, 2.24) is 15.6 Å². The number of carboxylic acids is 1. The summed E-state index contributed by atoms with van der Waals surface area (Å²) >= 11 is 2.61. The van der Waals surface area contributed by atoms with E-state index in [1.165, 1.54) is 34.2 Å². The van der Waals surface area contributed by atoms with E-state index in [2.05, 4.69) is 39.9 Å². The number of thioether (sulfide) groups is 1. The smallest absolute Gasteiger partial charge is 0.407 e. The van der Waals surface area contributed by atoms with Crippen molar-refractivity contribution in [2.45, 2.75) is 18.9 Å². The lowest BCUT2D eigenvalue weighted by Gasteiger charge is -2.14. The van der Waals surface area contributed by atoms with Gasteiger partial charge in [-0.1, -0.05) is 48.5 Å². The van der Waals surface area contributed by atoms with Crippen LogP contribution in [-0.4, -0.2) is 52.7 Å². The third-order valence-electron chi connectivity index (χ3n) is 5.46. The largest absolute Gasteiger partial charge is 0.481 e. The Morgan fingerprint density at radius 2 is 1.71 bits per heavy atom. The molecule has 0 saturated heterocycles. The second-order valence-corrected chi connectivity index (χ2v) is 9.93. The van der Waals surface area contributed by atoms with Crippen molar-refractivity contribution >= 4 is 41.1 Å². The molecule has 0 spiro atoms. The van der Waals surface area contributed by atoms with Crippen LogP contribution >= 0.6 is 23.1 Å². The number of carboxylic acid groups (broad SMARTS) is 1. The third kappa shape index (κ3) is 6.61. The molecule has 10 heteroatoms. The summed E-state index contributed by atoms with van der Waals surface area (Å²) in [5.74, 6) is -0.502. The minimum absolute atomic E-state index is 0.000607. The van der Waals surface area contributed by atoms with Crippen molar-refractivity contribution in [3.63, 3.8) is 0 Å². The third-order valence-corrected chi connectivity index (χ3v) is 7.30. The molecule has 35 heavy (non-hydrogen) atoms. The Balaban J connectivity index is 1.20. The number of fused-ring (bicyclic) bond motifs is 3. The molecular weight excluding hydrogens is 486 g/mol. The van der Waals surface area contributed by atoms with Crippen molar-refractivity contribution < 1.29 is 24.2 Å². The Morgan fingerprint density at radius 1 is 1.03 bits per heavy atom. The number of aromatic nitrogens is 1. The molecule has 0 radical (unpaired) electrons. The van der Waals surface area contributed by atoms with Crippen LogP contribution in [0.1, 0.15) is 27.7 Å². The zero-order valence-corrected chi connectivity index (χ0v) is 20.5. The molecule has 0 bridgehead atoms. The maximum Gasteiger partial charge on any atom is 0.407 e. The average Bonchev–Trinajstić information content (AvgIpc) is 3.43. The summed E-state index contributed by atoms with van der Waals surface area (Å²) in [6, 6.07) is 16.3. The maximum absolute atomic E-state index is 12.3. The lowest BCUT2D eigenvalue weighted by molar-refractivity contribution is -0.133. The van der Waals surface area contributed by atoms with Gasteiger partial charge in [0.2, 0.25) is 5.91 Å². The Morgan fingerprint density at radius 3 is 2.40 bits per heavy atom. The minimum atomic E-state index is -0.872. The number of nitrogens with zero attached hydrogens (tertiary/aromatic N) is 1. The molecule has 0 saturated carbocycles. The number of hydrogen-bond acceptors (Lipinski definition) is 7. The lowest BCUT2D eigenvalue weighted by atomic mass is 9.98. The van der Waals surface area contributed by atoms with Gasteiger partial charge in [-0.3, -0.25) is 9.59 Å². The second kappa shape index (κ2) is 11.9. The number of carbonyl (C=O) groups excluding carboxylic acids is 2. The molecule has 1 aliphatic carbocycles. The van der Waals surface area contributed by atoms with Gasteiger partial charge >= 0.3 is 12.1 Å². The van der Waals surface area contributed by atoms with Gasteiger partial charge in [0.15, 0.2) is 0 Å². The molecule has 3 N–H and O–H groups in total. The van der Waals surface area contributed by atoms with Gasteiger partial charge in [-0.25, -0.2) is 9.78 Å². The number of thiazole rings is 1. The molecule has 182 valence electrons. The van der Waals surface area contributed by atoms with Crippen molar-refractivity contribution in [2.24, 2.45) is 0 Å². The van der Waals surface area contributed by atoms with E-state index in [0.717, 1.165) is 11.1 Å². The molecule has 2 aromatic carbocycles. The average molecular weight is 512 g/mol. The summed E-state index contributed by atoms with van der Waals surface area (Å²) < 4.78 is 5.54. The number of nitrogens with one attached hydrogen (secondary N) is 2. The van der Waals surface area contributed by atoms with Crippen LogP contribution < -0.4 is 10.6 Å². The summed E-state index contributed by atoms with van der Waals surface area (Å²) in [4.78, 5) is 39.2. The van der Waals surface area contributed by atoms with Crippen LogP contribution in [0.5, 0.6) is 0 Å². The van der Waals surface area contributed by atoms with Crippen LogP contribution in [-0.2, 0) is 27.3 Å². The highest BCUT2D eigenvalue weighted by atomic mass is 32.2. The van der Waals surface area contributed by atoms with Gasteiger partial charge in [0.1, 0.15) is 11.6 Å². The molecule has 0 unspecified atom stereocenters. The molecule has 1 aliphatic rings. The van der Waals surface area contributed by atoms with Gasteiger partial charge in [-0.15, -0.1) is 23.1 Å². The van der Waals surface area contributed by atoms with Gasteiger partial charge in [0.05, 0.1) is 24.4 Å². The summed E-state index contributed by atoms with van der Waals surface area (Å²) in [5, 5.41) is 16.5. The zero-order valence-electron chi connectivity index (χ0n) is 18.9. The summed E-state index contributed by atoms with van der Waals surface area (Å²) in [5.41, 5.74) is 5.29. The predicted molar refractivity (Wildman–Crippen MR) is 136 cm³/mol. The Bertz CT molecular complexity index is 1170. The van der Waals surface area contributed by atoms with Gasteiger partial charge in [-0.05, 0) is 22.3 Å². The van der Waals surface area contributed by atoms with E-state index in [4.69, 9.17) is 9.84 Å². The number of ether oxygens (including phenoxy) is 1. The first-order valence-electron chi connectivity index (χ1n) is 11.1. The van der Waals surface area contributed by atoms with E-state index in [1.54, 1.807) is 5.38 Å². The molecule has 0 atom stereocenters. The SMILES string of the molecule is O=C(O)CSCCNC(=O)Cc1csc(CNC(=O)OCC2c3ccccc3-c3ccccc32)n1. The highest BCUT2D eigenvalue weighted by Crippen LogP contribution is 2.44. The van der Waals surface area contributed by atoms with Crippen LogP contribution in [0.2, 0.25) is 0 Å². The quantitative estimate of drug-likeness (QED) is 0.336. The molecule has 1 aromatic heterocycles. The second-order valence-electron chi connectivity index (χ2n) is 7.88. The fourth-order valence-electron chi connectivity index (χ4n) is 3.96. The monoisotopic (exact) mass is 511 g/mol. The normalized spacial score (nSPS) is 12.0. The molecule has 3 aromatic rings. The summed E-state index contributed by atoms with van der Waals surface area (Å²) in [6.45, 7) is 0.861. The molecule has 4 rings (SSSR count). The predicted octanol–water partition coefficient (Wildman–Crippen LogP) is 3.66. The zero-order chi connectivity index (χ0) is 24.6. The lowest BCUT2D eigenvalue weighted by Crippen LogP contribution is -2.27. The standard InChI is InChI=1S/C25H25N3O5S2/c29-22(26-9-10-34-15-24(30)31)11-16-14-35-23(28-16)12-27-25(32)33-13-21-19-7-3-1-5-17(19)18-6-2-4-8-20(18)21/h1-8,14,21H,9-13,15H2,(H,26,29)(H,27,32)(H,30,31). The molecule has 0 fully saturated rings. The van der Waals surface area contributed by atoms with E-state index in [1.807, 2.05) is 24.3 Å². The first kappa shape index (κ1) is 24.7. The number of amides is 2. The first-order valence-corrected chi connectivity index (χ1v) is 13.1. The van der Waals surface area contributed by atoms with Crippen molar-refractivity contribution in [3.8, 4) is 11.1 Å². The number of aliphatic carboxylic acids is 1. The highest BCUT2D eigenvalue weighted by molar-refractivity contribution is 7.99. The fraction of sp³-hybridized carbons (Fsp3) is 0.280. The maximum atomic E-state index is 12.3. The Kier molecular flexibility index (Phi) is 8.38. The Labute approximate surface area is 211 Å². The van der Waals surface area contributed by atoms with Gasteiger partial charge < -0.3 is 20.5 Å². The number of benzene rings is 2. The van der Waals surface area contributed by atoms with E-state index >= 15 is 0 Å². The first-order chi connectivity index (χ1) is 17.0. The van der Waals surface area contributed by atoms with Gasteiger partial charge in [0.25, 0.3) is 0 Å². The number of hydrogen-bond donors (Lipinski definition) is 3. The highest BCUT2D eigenvalue weighted by Gasteiger charge is 2.29. The minimum Gasteiger partial charge on any atom is -0.481 e. The van der Waals surface area contributed by atoms with Crippen LogP contribution in [0, 0.1) is 0 Å². The molecule has 0 aliphatic heterocycles. The topological polar surface area (TPSA) is 118 Å².